The zero-order valence-corrected chi connectivity index (χ0v) is 7.51. The summed E-state index contributed by atoms with van der Waals surface area (Å²) in [6, 6.07) is 0. The minimum atomic E-state index is 0.414. The Morgan fingerprint density at radius 2 is 2.09 bits per heavy atom. The van der Waals surface area contributed by atoms with Gasteiger partial charge in [-0.2, -0.15) is 0 Å². The molecule has 2 unspecified atom stereocenters. The first-order valence-corrected chi connectivity index (χ1v) is 4.61. The van der Waals surface area contributed by atoms with Crippen molar-refractivity contribution in [3.63, 3.8) is 0 Å². The zero-order valence-electron chi connectivity index (χ0n) is 7.51. The fourth-order valence-electron chi connectivity index (χ4n) is 1.13. The molecule has 1 aliphatic rings. The maximum atomic E-state index is 5.41. The standard InChI is InChI=1S/C9H18O2/c1-3-5-6-10-7-9-8(4-2)11-9/h8-9H,3-7H2,1-2H3. The molecular weight excluding hydrogens is 140 g/mol. The van der Waals surface area contributed by atoms with Gasteiger partial charge in [0, 0.05) is 6.61 Å². The molecule has 0 spiro atoms. The van der Waals surface area contributed by atoms with Crippen LogP contribution in [0.1, 0.15) is 33.1 Å². The highest BCUT2D eigenvalue weighted by Gasteiger charge is 2.36. The molecule has 1 heterocycles. The van der Waals surface area contributed by atoms with Gasteiger partial charge in [-0.1, -0.05) is 20.3 Å². The van der Waals surface area contributed by atoms with Crippen molar-refractivity contribution >= 4 is 0 Å². The maximum Gasteiger partial charge on any atom is 0.107 e. The fourth-order valence-corrected chi connectivity index (χ4v) is 1.13. The summed E-state index contributed by atoms with van der Waals surface area (Å²) in [6.07, 6.45) is 4.42. The smallest absolute Gasteiger partial charge is 0.107 e. The van der Waals surface area contributed by atoms with E-state index in [2.05, 4.69) is 13.8 Å². The van der Waals surface area contributed by atoms with E-state index in [-0.39, 0.29) is 0 Å². The Morgan fingerprint density at radius 3 is 2.64 bits per heavy atom. The Morgan fingerprint density at radius 1 is 1.27 bits per heavy atom. The molecule has 0 radical (unpaired) electrons. The minimum Gasteiger partial charge on any atom is -0.379 e. The Hall–Kier alpha value is -0.0800. The highest BCUT2D eigenvalue weighted by Crippen LogP contribution is 2.24. The normalized spacial score (nSPS) is 28.9. The van der Waals surface area contributed by atoms with E-state index in [1.165, 1.54) is 12.8 Å². The van der Waals surface area contributed by atoms with Crippen LogP contribution in [-0.4, -0.2) is 25.4 Å². The Balaban J connectivity index is 1.82. The van der Waals surface area contributed by atoms with Crippen LogP contribution in [0.15, 0.2) is 0 Å². The van der Waals surface area contributed by atoms with Crippen molar-refractivity contribution in [1.82, 2.24) is 0 Å². The van der Waals surface area contributed by atoms with Gasteiger partial charge in [0.25, 0.3) is 0 Å². The lowest BCUT2D eigenvalue weighted by Gasteiger charge is -1.98. The van der Waals surface area contributed by atoms with E-state index < -0.39 is 0 Å². The Bertz CT molecular complexity index is 104. The second-order valence-corrected chi connectivity index (χ2v) is 3.05. The van der Waals surface area contributed by atoms with Crippen LogP contribution in [0.4, 0.5) is 0 Å². The van der Waals surface area contributed by atoms with E-state index in [9.17, 15) is 0 Å². The predicted molar refractivity (Wildman–Crippen MR) is 44.7 cm³/mol. The summed E-state index contributed by atoms with van der Waals surface area (Å²) < 4.78 is 10.7. The predicted octanol–water partition coefficient (Wildman–Crippen LogP) is 1.98. The van der Waals surface area contributed by atoms with Crippen molar-refractivity contribution in [2.24, 2.45) is 0 Å². The van der Waals surface area contributed by atoms with Gasteiger partial charge in [-0.15, -0.1) is 0 Å². The molecule has 1 aliphatic heterocycles. The summed E-state index contributed by atoms with van der Waals surface area (Å²) >= 11 is 0. The molecule has 0 aromatic carbocycles. The summed E-state index contributed by atoms with van der Waals surface area (Å²) in [6.45, 7) is 6.02. The number of rotatable bonds is 6. The third-order valence-electron chi connectivity index (χ3n) is 2.01. The third kappa shape index (κ3) is 3.21. The summed E-state index contributed by atoms with van der Waals surface area (Å²) in [5, 5.41) is 0. The largest absolute Gasteiger partial charge is 0.379 e. The van der Waals surface area contributed by atoms with Crippen LogP contribution in [-0.2, 0) is 9.47 Å². The number of epoxide rings is 1. The molecule has 0 saturated carbocycles. The number of hydrogen-bond acceptors (Lipinski definition) is 2. The van der Waals surface area contributed by atoms with Crippen LogP contribution >= 0.6 is 0 Å². The zero-order chi connectivity index (χ0) is 8.10. The molecule has 66 valence electrons. The number of ether oxygens (including phenoxy) is 2. The topological polar surface area (TPSA) is 21.8 Å². The molecule has 1 rings (SSSR count). The molecule has 0 aromatic rings. The van der Waals surface area contributed by atoms with Gasteiger partial charge in [0.2, 0.25) is 0 Å². The van der Waals surface area contributed by atoms with Crippen molar-refractivity contribution in [1.29, 1.82) is 0 Å². The quantitative estimate of drug-likeness (QED) is 0.435. The summed E-state index contributed by atoms with van der Waals surface area (Å²) in [5.41, 5.74) is 0. The molecular formula is C9H18O2. The van der Waals surface area contributed by atoms with E-state index in [1.807, 2.05) is 0 Å². The molecule has 0 bridgehead atoms. The van der Waals surface area contributed by atoms with Crippen LogP contribution < -0.4 is 0 Å². The maximum absolute atomic E-state index is 5.41. The van der Waals surface area contributed by atoms with E-state index in [0.717, 1.165) is 19.6 Å². The highest BCUT2D eigenvalue weighted by molar-refractivity contribution is 4.82. The van der Waals surface area contributed by atoms with Crippen LogP contribution in [0, 0.1) is 0 Å². The van der Waals surface area contributed by atoms with Crippen LogP contribution in [0.25, 0.3) is 0 Å². The van der Waals surface area contributed by atoms with Gasteiger partial charge in [0.05, 0.1) is 12.7 Å². The second-order valence-electron chi connectivity index (χ2n) is 3.05. The Kier molecular flexibility index (Phi) is 3.87. The van der Waals surface area contributed by atoms with Crippen LogP contribution in [0.2, 0.25) is 0 Å². The minimum absolute atomic E-state index is 0.414. The highest BCUT2D eigenvalue weighted by atomic mass is 16.6. The van der Waals surface area contributed by atoms with Crippen molar-refractivity contribution in [2.75, 3.05) is 13.2 Å². The van der Waals surface area contributed by atoms with Gasteiger partial charge in [-0.3, -0.25) is 0 Å². The monoisotopic (exact) mass is 158 g/mol. The SMILES string of the molecule is CCCCOCC1OC1CC. The first kappa shape index (κ1) is 9.01. The molecule has 2 heteroatoms. The van der Waals surface area contributed by atoms with Gasteiger partial charge >= 0.3 is 0 Å². The van der Waals surface area contributed by atoms with E-state index >= 15 is 0 Å². The second kappa shape index (κ2) is 4.73. The van der Waals surface area contributed by atoms with Gasteiger partial charge in [-0.25, -0.2) is 0 Å². The third-order valence-corrected chi connectivity index (χ3v) is 2.01. The lowest BCUT2D eigenvalue weighted by Crippen LogP contribution is -2.05. The first-order chi connectivity index (χ1) is 5.38. The molecule has 1 saturated heterocycles. The number of hydrogen-bond donors (Lipinski definition) is 0. The lowest BCUT2D eigenvalue weighted by atomic mass is 10.3. The molecule has 0 N–H and O–H groups in total. The van der Waals surface area contributed by atoms with E-state index in [4.69, 9.17) is 9.47 Å². The molecule has 0 amide bonds. The average Bonchev–Trinajstić information content (AvgIpc) is 2.77. The summed E-state index contributed by atoms with van der Waals surface area (Å²) in [4.78, 5) is 0. The lowest BCUT2D eigenvalue weighted by molar-refractivity contribution is 0.114. The Labute approximate surface area is 68.9 Å². The average molecular weight is 158 g/mol. The summed E-state index contributed by atoms with van der Waals surface area (Å²) in [5.74, 6) is 0. The van der Waals surface area contributed by atoms with Gasteiger partial charge in [0.1, 0.15) is 6.10 Å². The molecule has 1 fully saturated rings. The molecule has 0 aromatic heterocycles. The molecule has 2 atom stereocenters. The van der Waals surface area contributed by atoms with E-state index in [0.29, 0.717) is 12.2 Å². The van der Waals surface area contributed by atoms with Crippen LogP contribution in [0.3, 0.4) is 0 Å². The number of unbranched alkanes of at least 4 members (excludes halogenated alkanes) is 1. The fraction of sp³-hybridized carbons (Fsp3) is 1.00. The van der Waals surface area contributed by atoms with E-state index in [1.54, 1.807) is 0 Å². The van der Waals surface area contributed by atoms with Gasteiger partial charge in [-0.05, 0) is 12.8 Å². The van der Waals surface area contributed by atoms with Crippen molar-refractivity contribution in [3.8, 4) is 0 Å². The van der Waals surface area contributed by atoms with Crippen molar-refractivity contribution < 1.29 is 9.47 Å². The first-order valence-electron chi connectivity index (χ1n) is 4.61. The molecule has 0 aliphatic carbocycles. The molecule has 11 heavy (non-hydrogen) atoms. The summed E-state index contributed by atoms with van der Waals surface area (Å²) in [7, 11) is 0. The molecule has 2 nitrogen and oxygen atoms in total. The van der Waals surface area contributed by atoms with Crippen LogP contribution in [0.5, 0.6) is 0 Å². The van der Waals surface area contributed by atoms with Crippen molar-refractivity contribution in [3.05, 3.63) is 0 Å². The van der Waals surface area contributed by atoms with Crippen molar-refractivity contribution in [2.45, 2.75) is 45.3 Å². The van der Waals surface area contributed by atoms with Gasteiger partial charge in [0.15, 0.2) is 0 Å². The van der Waals surface area contributed by atoms with Gasteiger partial charge < -0.3 is 9.47 Å².